The number of aromatic nitrogens is 2. The van der Waals surface area contributed by atoms with Crippen molar-refractivity contribution in [3.8, 4) is 0 Å². The molecule has 1 aromatic heterocycles. The normalized spacial score (nSPS) is 17.3. The molecule has 0 radical (unpaired) electrons. The van der Waals surface area contributed by atoms with Crippen LogP contribution in [0.25, 0.3) is 0 Å². The van der Waals surface area contributed by atoms with Gasteiger partial charge in [0.1, 0.15) is 0 Å². The maximum absolute atomic E-state index is 4.21. The van der Waals surface area contributed by atoms with Crippen LogP contribution in [0, 0.1) is 0 Å². The van der Waals surface area contributed by atoms with Gasteiger partial charge in [0.15, 0.2) is 0 Å². The molecule has 0 saturated heterocycles. The first-order valence-corrected chi connectivity index (χ1v) is 3.33. The summed E-state index contributed by atoms with van der Waals surface area (Å²) in [6, 6.07) is 0. The molecule has 0 atom stereocenters. The average Bonchev–Trinajstić information content (AvgIpc) is 2.27. The monoisotopic (exact) mass is 135 g/mol. The number of fused-ring (bicyclic) bond motifs is 1. The Balaban J connectivity index is 2.42. The number of hydrogen-bond acceptors (Lipinski definition) is 3. The summed E-state index contributed by atoms with van der Waals surface area (Å²) in [5.41, 5.74) is 2.26. The fraction of sp³-hybridized carbons (Fsp3) is 0.429. The smallest absolute Gasteiger partial charge is 0.0772 e. The van der Waals surface area contributed by atoms with E-state index in [9.17, 15) is 0 Å². The van der Waals surface area contributed by atoms with Crippen molar-refractivity contribution < 1.29 is 0 Å². The van der Waals surface area contributed by atoms with E-state index in [0.29, 0.717) is 0 Å². The van der Waals surface area contributed by atoms with Crippen molar-refractivity contribution in [3.63, 3.8) is 0 Å². The second kappa shape index (κ2) is 2.02. The molecule has 1 aliphatic rings. The van der Waals surface area contributed by atoms with Crippen molar-refractivity contribution in [1.82, 2.24) is 14.9 Å². The van der Waals surface area contributed by atoms with E-state index in [-0.39, 0.29) is 0 Å². The summed E-state index contributed by atoms with van der Waals surface area (Å²) < 4.78 is 0. The van der Waals surface area contributed by atoms with E-state index in [1.54, 1.807) is 12.4 Å². The lowest BCUT2D eigenvalue weighted by atomic mass is 10.4. The van der Waals surface area contributed by atoms with Gasteiger partial charge in [0, 0.05) is 25.5 Å². The second-order valence-corrected chi connectivity index (χ2v) is 2.62. The summed E-state index contributed by atoms with van der Waals surface area (Å²) in [4.78, 5) is 10.6. The molecule has 0 aliphatic carbocycles. The first kappa shape index (κ1) is 5.80. The fourth-order valence-corrected chi connectivity index (χ4v) is 1.23. The summed E-state index contributed by atoms with van der Waals surface area (Å²) in [6.07, 6.45) is 3.50. The zero-order chi connectivity index (χ0) is 6.97. The summed E-state index contributed by atoms with van der Waals surface area (Å²) >= 11 is 0. The van der Waals surface area contributed by atoms with Gasteiger partial charge >= 0.3 is 0 Å². The third kappa shape index (κ3) is 0.789. The molecule has 52 valence electrons. The second-order valence-electron chi connectivity index (χ2n) is 2.62. The molecule has 0 N–H and O–H groups in total. The molecule has 0 bridgehead atoms. The molecule has 3 nitrogen and oxygen atoms in total. The van der Waals surface area contributed by atoms with Gasteiger partial charge in [0.2, 0.25) is 0 Å². The first-order chi connectivity index (χ1) is 4.86. The minimum Gasteiger partial charge on any atom is -0.295 e. The van der Waals surface area contributed by atoms with Crippen molar-refractivity contribution in [2.75, 3.05) is 7.05 Å². The van der Waals surface area contributed by atoms with E-state index in [0.717, 1.165) is 24.5 Å². The third-order valence-corrected chi connectivity index (χ3v) is 1.70. The molecular formula is C7H9N3. The quantitative estimate of drug-likeness (QED) is 0.516. The van der Waals surface area contributed by atoms with Gasteiger partial charge in [0.05, 0.1) is 11.4 Å². The van der Waals surface area contributed by atoms with E-state index in [2.05, 4.69) is 21.9 Å². The SMILES string of the molecule is CN1Cc2nccnc2C1. The Morgan fingerprint density at radius 2 is 1.70 bits per heavy atom. The van der Waals surface area contributed by atoms with Gasteiger partial charge < -0.3 is 0 Å². The molecule has 1 aromatic rings. The van der Waals surface area contributed by atoms with E-state index in [1.165, 1.54) is 0 Å². The van der Waals surface area contributed by atoms with Crippen LogP contribution in [-0.2, 0) is 13.1 Å². The van der Waals surface area contributed by atoms with Gasteiger partial charge in [-0.25, -0.2) is 0 Å². The predicted molar refractivity (Wildman–Crippen MR) is 37.2 cm³/mol. The fourth-order valence-electron chi connectivity index (χ4n) is 1.23. The maximum atomic E-state index is 4.21. The Morgan fingerprint density at radius 1 is 1.20 bits per heavy atom. The van der Waals surface area contributed by atoms with Crippen LogP contribution in [-0.4, -0.2) is 21.9 Å². The predicted octanol–water partition coefficient (Wildman–Crippen LogP) is 0.422. The largest absolute Gasteiger partial charge is 0.295 e. The summed E-state index contributed by atoms with van der Waals surface area (Å²) in [7, 11) is 2.07. The van der Waals surface area contributed by atoms with Crippen LogP contribution in [0.5, 0.6) is 0 Å². The maximum Gasteiger partial charge on any atom is 0.0772 e. The lowest BCUT2D eigenvalue weighted by Crippen LogP contribution is -2.07. The Labute approximate surface area is 59.7 Å². The lowest BCUT2D eigenvalue weighted by molar-refractivity contribution is 0.349. The van der Waals surface area contributed by atoms with Crippen molar-refractivity contribution >= 4 is 0 Å². The van der Waals surface area contributed by atoms with Crippen molar-refractivity contribution in [2.45, 2.75) is 13.1 Å². The van der Waals surface area contributed by atoms with Crippen LogP contribution >= 0.6 is 0 Å². The van der Waals surface area contributed by atoms with Crippen LogP contribution in [0.15, 0.2) is 12.4 Å². The summed E-state index contributed by atoms with van der Waals surface area (Å²) in [6.45, 7) is 1.90. The van der Waals surface area contributed by atoms with Gasteiger partial charge in [-0.1, -0.05) is 0 Å². The van der Waals surface area contributed by atoms with Gasteiger partial charge in [-0.2, -0.15) is 0 Å². The summed E-state index contributed by atoms with van der Waals surface area (Å²) in [5, 5.41) is 0. The van der Waals surface area contributed by atoms with Gasteiger partial charge in [-0.3, -0.25) is 14.9 Å². The first-order valence-electron chi connectivity index (χ1n) is 3.33. The number of nitrogens with zero attached hydrogens (tertiary/aromatic N) is 3. The number of hydrogen-bond donors (Lipinski definition) is 0. The Hall–Kier alpha value is -0.960. The highest BCUT2D eigenvalue weighted by molar-refractivity contribution is 5.14. The average molecular weight is 135 g/mol. The van der Waals surface area contributed by atoms with Crippen LogP contribution in [0.4, 0.5) is 0 Å². The molecule has 1 aliphatic heterocycles. The van der Waals surface area contributed by atoms with Gasteiger partial charge in [-0.05, 0) is 7.05 Å². The zero-order valence-electron chi connectivity index (χ0n) is 5.91. The van der Waals surface area contributed by atoms with Crippen molar-refractivity contribution in [3.05, 3.63) is 23.8 Å². The molecule has 0 amide bonds. The molecule has 0 aromatic carbocycles. The minimum atomic E-state index is 0.948. The van der Waals surface area contributed by atoms with Crippen LogP contribution < -0.4 is 0 Å². The molecule has 0 spiro atoms. The topological polar surface area (TPSA) is 29.0 Å². The summed E-state index contributed by atoms with van der Waals surface area (Å²) in [5.74, 6) is 0. The van der Waals surface area contributed by atoms with Gasteiger partial charge in [0.25, 0.3) is 0 Å². The zero-order valence-corrected chi connectivity index (χ0v) is 5.91. The van der Waals surface area contributed by atoms with E-state index in [4.69, 9.17) is 0 Å². The molecule has 0 fully saturated rings. The Kier molecular flexibility index (Phi) is 1.17. The Bertz CT molecular complexity index is 221. The van der Waals surface area contributed by atoms with Crippen molar-refractivity contribution in [1.29, 1.82) is 0 Å². The van der Waals surface area contributed by atoms with Crippen LogP contribution in [0.2, 0.25) is 0 Å². The lowest BCUT2D eigenvalue weighted by Gasteiger charge is -2.01. The van der Waals surface area contributed by atoms with E-state index in [1.807, 2.05) is 0 Å². The van der Waals surface area contributed by atoms with Crippen LogP contribution in [0.3, 0.4) is 0 Å². The molecule has 2 rings (SSSR count). The molecule has 2 heterocycles. The highest BCUT2D eigenvalue weighted by Crippen LogP contribution is 2.14. The molecule has 0 unspecified atom stereocenters. The molecular weight excluding hydrogens is 126 g/mol. The highest BCUT2D eigenvalue weighted by atomic mass is 15.1. The molecule has 0 saturated carbocycles. The number of rotatable bonds is 0. The standard InChI is InChI=1S/C7H9N3/c1-10-4-6-7(5-10)9-3-2-8-6/h2-3H,4-5H2,1H3. The molecule has 10 heavy (non-hydrogen) atoms. The van der Waals surface area contributed by atoms with Gasteiger partial charge in [-0.15, -0.1) is 0 Å². The van der Waals surface area contributed by atoms with Crippen molar-refractivity contribution in [2.24, 2.45) is 0 Å². The third-order valence-electron chi connectivity index (χ3n) is 1.70. The molecule has 3 heteroatoms. The van der Waals surface area contributed by atoms with Crippen LogP contribution in [0.1, 0.15) is 11.4 Å². The van der Waals surface area contributed by atoms with E-state index < -0.39 is 0 Å². The minimum absolute atomic E-state index is 0.948. The Morgan fingerprint density at radius 3 is 2.20 bits per heavy atom. The highest BCUT2D eigenvalue weighted by Gasteiger charge is 2.16. The van der Waals surface area contributed by atoms with E-state index >= 15 is 0 Å².